The first-order valence-corrected chi connectivity index (χ1v) is 17.9. The van der Waals surface area contributed by atoms with Crippen molar-refractivity contribution < 1.29 is 4.42 Å². The molecule has 51 heavy (non-hydrogen) atoms. The maximum Gasteiger partial charge on any atom is 0.234 e. The van der Waals surface area contributed by atoms with Crippen LogP contribution in [0, 0.1) is 0 Å². The number of thiophene rings is 1. The molecule has 0 radical (unpaired) electrons. The summed E-state index contributed by atoms with van der Waals surface area (Å²) in [5.41, 5.74) is 8.38. The van der Waals surface area contributed by atoms with Gasteiger partial charge in [0, 0.05) is 64.0 Å². The second-order valence-electron chi connectivity index (χ2n) is 13.0. The Morgan fingerprint density at radius 2 is 1.14 bits per heavy atom. The van der Waals surface area contributed by atoms with Gasteiger partial charge >= 0.3 is 0 Å². The molecular weight excluding hydrogens is 645 g/mol. The number of rotatable bonds is 3. The van der Waals surface area contributed by atoms with Gasteiger partial charge in [-0.1, -0.05) is 140 Å². The molecule has 0 fully saturated rings. The van der Waals surface area contributed by atoms with Crippen molar-refractivity contribution in [1.82, 2.24) is 9.88 Å². The van der Waals surface area contributed by atoms with Crippen molar-refractivity contribution in [1.29, 1.82) is 0 Å². The zero-order chi connectivity index (χ0) is 33.5. The number of aliphatic imine (C=N–C) groups is 2. The molecule has 11 rings (SSSR count). The van der Waals surface area contributed by atoms with Crippen LogP contribution in [0.25, 0.3) is 75.0 Å². The number of nitrogens with zero attached hydrogens (tertiary/aromatic N) is 3. The Morgan fingerprint density at radius 3 is 1.92 bits per heavy atom. The fraction of sp³-hybridized carbons (Fsp3) is 0.0222. The Morgan fingerprint density at radius 1 is 0.529 bits per heavy atom. The summed E-state index contributed by atoms with van der Waals surface area (Å²) in [5.74, 6) is 1.45. The lowest BCUT2D eigenvalue weighted by Gasteiger charge is -2.24. The molecule has 0 spiro atoms. The molecule has 1 N–H and O–H groups in total. The molecular formula is C45H28N4OS. The van der Waals surface area contributed by atoms with Gasteiger partial charge in [-0.3, -0.25) is 4.57 Å². The van der Waals surface area contributed by atoms with Gasteiger partial charge in [0.2, 0.25) is 5.96 Å². The summed E-state index contributed by atoms with van der Waals surface area (Å²) in [6.07, 6.45) is -0.369. The van der Waals surface area contributed by atoms with Gasteiger partial charge in [-0.25, -0.2) is 4.99 Å². The largest absolute Gasteiger partial charge is 0.455 e. The highest BCUT2D eigenvalue weighted by atomic mass is 32.1. The second-order valence-corrected chi connectivity index (χ2v) is 14.0. The summed E-state index contributed by atoms with van der Waals surface area (Å²) in [6.45, 7) is 0. The summed E-state index contributed by atoms with van der Waals surface area (Å²) in [4.78, 5) is 10.6. The van der Waals surface area contributed by atoms with Gasteiger partial charge in [0.05, 0.1) is 11.0 Å². The van der Waals surface area contributed by atoms with Crippen molar-refractivity contribution in [2.75, 3.05) is 0 Å². The summed E-state index contributed by atoms with van der Waals surface area (Å²) in [5, 5.41) is 10.8. The first-order valence-electron chi connectivity index (χ1n) is 17.1. The van der Waals surface area contributed by atoms with Gasteiger partial charge < -0.3 is 9.73 Å². The molecule has 0 saturated heterocycles. The molecule has 4 heterocycles. The van der Waals surface area contributed by atoms with E-state index >= 15 is 0 Å². The van der Waals surface area contributed by atoms with Crippen LogP contribution in [0.5, 0.6) is 0 Å². The molecule has 1 unspecified atom stereocenters. The fourth-order valence-electron chi connectivity index (χ4n) is 7.80. The molecule has 0 amide bonds. The predicted octanol–water partition coefficient (Wildman–Crippen LogP) is 11.7. The van der Waals surface area contributed by atoms with E-state index < -0.39 is 0 Å². The number of nitrogens with one attached hydrogen (secondary N) is 1. The van der Waals surface area contributed by atoms with Gasteiger partial charge in [-0.05, 0) is 18.2 Å². The highest BCUT2D eigenvalue weighted by Crippen LogP contribution is 2.45. The molecule has 240 valence electrons. The highest BCUT2D eigenvalue weighted by molar-refractivity contribution is 7.26. The van der Waals surface area contributed by atoms with Crippen molar-refractivity contribution in [3.05, 3.63) is 169 Å². The van der Waals surface area contributed by atoms with Crippen LogP contribution in [0.15, 0.2) is 172 Å². The summed E-state index contributed by atoms with van der Waals surface area (Å²) < 4.78 is 11.1. The minimum Gasteiger partial charge on any atom is -0.455 e. The van der Waals surface area contributed by atoms with Crippen molar-refractivity contribution in [2.24, 2.45) is 9.98 Å². The van der Waals surface area contributed by atoms with E-state index in [1.54, 1.807) is 0 Å². The van der Waals surface area contributed by atoms with Gasteiger partial charge in [-0.15, -0.1) is 11.3 Å². The van der Waals surface area contributed by atoms with E-state index in [-0.39, 0.29) is 6.17 Å². The van der Waals surface area contributed by atoms with Gasteiger partial charge in [0.15, 0.2) is 6.17 Å². The van der Waals surface area contributed by atoms with Gasteiger partial charge in [0.1, 0.15) is 17.0 Å². The minimum absolute atomic E-state index is 0.369. The van der Waals surface area contributed by atoms with E-state index in [4.69, 9.17) is 14.4 Å². The molecule has 1 aliphatic rings. The lowest BCUT2D eigenvalue weighted by atomic mass is 9.99. The van der Waals surface area contributed by atoms with Crippen molar-refractivity contribution >= 4 is 87.0 Å². The van der Waals surface area contributed by atoms with Crippen LogP contribution in [-0.2, 0) is 0 Å². The number of fused-ring (bicyclic) bond motifs is 9. The zero-order valence-corrected chi connectivity index (χ0v) is 28.1. The lowest BCUT2D eigenvalue weighted by Crippen LogP contribution is -2.35. The van der Waals surface area contributed by atoms with Crippen molar-refractivity contribution in [2.45, 2.75) is 6.17 Å². The minimum atomic E-state index is -0.369. The number of hydrogen-bond acceptors (Lipinski definition) is 5. The maximum absolute atomic E-state index is 6.50. The SMILES string of the molecule is c1ccc(C2=NC(n3c4ccccc4c4ccccc43)=NC(c3cccc4c3sc3c(-c5cccc6c5oc5ccccc56)cccc34)N2)cc1. The zero-order valence-electron chi connectivity index (χ0n) is 27.2. The number of amidine groups is 1. The van der Waals surface area contributed by atoms with E-state index in [9.17, 15) is 0 Å². The molecule has 7 aromatic carbocycles. The van der Waals surface area contributed by atoms with Crippen LogP contribution in [0.1, 0.15) is 17.3 Å². The highest BCUT2D eigenvalue weighted by Gasteiger charge is 2.26. The molecule has 10 aromatic rings. The first kappa shape index (κ1) is 28.3. The van der Waals surface area contributed by atoms with Crippen molar-refractivity contribution in [3.8, 4) is 11.1 Å². The third kappa shape index (κ3) is 4.27. The summed E-state index contributed by atoms with van der Waals surface area (Å²) in [6, 6.07) is 55.3. The van der Waals surface area contributed by atoms with E-state index in [1.807, 2.05) is 29.5 Å². The molecule has 0 bridgehead atoms. The number of furan rings is 1. The number of benzene rings is 7. The molecule has 5 nitrogen and oxygen atoms in total. The van der Waals surface area contributed by atoms with E-state index in [2.05, 4.69) is 149 Å². The van der Waals surface area contributed by atoms with E-state index in [0.29, 0.717) is 5.96 Å². The second kappa shape index (κ2) is 11.0. The Hall–Kier alpha value is -6.50. The first-order chi connectivity index (χ1) is 25.3. The van der Waals surface area contributed by atoms with E-state index in [0.717, 1.165) is 55.5 Å². The molecule has 0 saturated carbocycles. The molecule has 0 aliphatic carbocycles. The van der Waals surface area contributed by atoms with Crippen LogP contribution in [0.2, 0.25) is 0 Å². The number of para-hydroxylation sites is 4. The normalized spacial score (nSPS) is 14.9. The predicted molar refractivity (Wildman–Crippen MR) is 213 cm³/mol. The Bertz CT molecular complexity index is 3020. The molecule has 1 aliphatic heterocycles. The Labute approximate surface area is 296 Å². The van der Waals surface area contributed by atoms with Gasteiger partial charge in [0.25, 0.3) is 0 Å². The lowest BCUT2D eigenvalue weighted by molar-refractivity contribution is 0.670. The van der Waals surface area contributed by atoms with Crippen LogP contribution < -0.4 is 5.32 Å². The van der Waals surface area contributed by atoms with Gasteiger partial charge in [-0.2, -0.15) is 4.99 Å². The van der Waals surface area contributed by atoms with Crippen molar-refractivity contribution in [3.63, 3.8) is 0 Å². The van der Waals surface area contributed by atoms with Crippen LogP contribution in [0.3, 0.4) is 0 Å². The fourth-order valence-corrected chi connectivity index (χ4v) is 9.17. The Balaban J connectivity index is 1.13. The number of hydrogen-bond donors (Lipinski definition) is 1. The smallest absolute Gasteiger partial charge is 0.234 e. The van der Waals surface area contributed by atoms with E-state index in [1.165, 1.54) is 36.5 Å². The average molecular weight is 673 g/mol. The standard InChI is InChI=1S/C45H28N4OS/c1-2-13-27(14-3-1)43-46-44(48-45(47-43)49-37-24-7-4-15-28(37)29-16-5-8-25-38(29)49)36-23-12-22-35-34-21-11-20-33(41(34)51-42(35)36)32-19-10-18-31-30-17-6-9-26-39(30)50-40(31)32/h1-26,44H,(H,46,47,48). The summed E-state index contributed by atoms with van der Waals surface area (Å²) in [7, 11) is 0. The maximum atomic E-state index is 6.50. The Kier molecular flexibility index (Phi) is 6.12. The monoisotopic (exact) mass is 672 g/mol. The summed E-state index contributed by atoms with van der Waals surface area (Å²) >= 11 is 1.82. The molecule has 6 heteroatoms. The van der Waals surface area contributed by atoms with Crippen LogP contribution >= 0.6 is 11.3 Å². The third-order valence-electron chi connectivity index (χ3n) is 10.1. The van der Waals surface area contributed by atoms with Crippen LogP contribution in [0.4, 0.5) is 0 Å². The third-order valence-corrected chi connectivity index (χ3v) is 11.4. The van der Waals surface area contributed by atoms with Crippen LogP contribution in [-0.4, -0.2) is 16.4 Å². The molecule has 1 atom stereocenters. The molecule has 3 aromatic heterocycles. The topological polar surface area (TPSA) is 54.8 Å². The quantitative estimate of drug-likeness (QED) is 0.203. The number of aromatic nitrogens is 1. The average Bonchev–Trinajstić information content (AvgIpc) is 3.88.